The van der Waals surface area contributed by atoms with Crippen molar-refractivity contribution < 1.29 is 24.2 Å². The molecule has 1 unspecified atom stereocenters. The third-order valence-electron chi connectivity index (χ3n) is 4.27. The molecule has 0 bridgehead atoms. The van der Waals surface area contributed by atoms with Crippen molar-refractivity contribution in [1.82, 2.24) is 5.32 Å². The Kier molecular flexibility index (Phi) is 5.53. The summed E-state index contributed by atoms with van der Waals surface area (Å²) in [4.78, 5) is 24.0. The van der Waals surface area contributed by atoms with E-state index < -0.39 is 12.0 Å². The molecule has 0 aliphatic carbocycles. The van der Waals surface area contributed by atoms with Gasteiger partial charge in [-0.15, -0.1) is 0 Å². The van der Waals surface area contributed by atoms with Crippen LogP contribution < -0.4 is 10.1 Å². The molecule has 1 amide bonds. The fraction of sp³-hybridized carbons (Fsp3) is 0.300. The first-order valence-electron chi connectivity index (χ1n) is 8.41. The number of methoxy groups -OCH3 is 1. The summed E-state index contributed by atoms with van der Waals surface area (Å²) >= 11 is 0. The predicted molar refractivity (Wildman–Crippen MR) is 95.0 cm³/mol. The number of benzene rings is 2. The molecule has 6 heteroatoms. The Morgan fingerprint density at radius 1 is 1.23 bits per heavy atom. The molecule has 2 aromatic rings. The number of carbonyl (C=O) groups is 2. The van der Waals surface area contributed by atoms with E-state index in [9.17, 15) is 14.7 Å². The van der Waals surface area contributed by atoms with Gasteiger partial charge in [-0.1, -0.05) is 30.3 Å². The number of carboxylic acids is 1. The number of rotatable bonds is 7. The molecule has 0 saturated carbocycles. The van der Waals surface area contributed by atoms with Crippen molar-refractivity contribution in [2.24, 2.45) is 0 Å². The van der Waals surface area contributed by atoms with Crippen LogP contribution in [0.3, 0.4) is 0 Å². The highest BCUT2D eigenvalue weighted by molar-refractivity contribution is 5.85. The van der Waals surface area contributed by atoms with Crippen molar-refractivity contribution in [3.63, 3.8) is 0 Å². The van der Waals surface area contributed by atoms with Gasteiger partial charge in [0.05, 0.1) is 19.6 Å². The molecule has 6 nitrogen and oxygen atoms in total. The first-order valence-corrected chi connectivity index (χ1v) is 8.41. The Morgan fingerprint density at radius 2 is 2.04 bits per heavy atom. The van der Waals surface area contributed by atoms with Crippen molar-refractivity contribution in [2.45, 2.75) is 25.5 Å². The number of aliphatic carboxylic acids is 1. The number of amides is 1. The molecular formula is C20H21NO5. The number of hydrogen-bond donors (Lipinski definition) is 2. The third kappa shape index (κ3) is 4.21. The van der Waals surface area contributed by atoms with Gasteiger partial charge in [-0.2, -0.15) is 0 Å². The molecule has 3 rings (SSSR count). The topological polar surface area (TPSA) is 84.9 Å². The Hall–Kier alpha value is -2.86. The van der Waals surface area contributed by atoms with E-state index in [-0.39, 0.29) is 12.3 Å². The maximum absolute atomic E-state index is 12.4. The summed E-state index contributed by atoms with van der Waals surface area (Å²) in [7, 11) is 1.61. The summed E-state index contributed by atoms with van der Waals surface area (Å²) < 4.78 is 10.5. The number of ether oxygens (including phenoxy) is 2. The monoisotopic (exact) mass is 355 g/mol. The number of fused-ring (bicyclic) bond motifs is 1. The zero-order valence-corrected chi connectivity index (χ0v) is 14.5. The van der Waals surface area contributed by atoms with Gasteiger partial charge in [-0.25, -0.2) is 4.79 Å². The number of hydrogen-bond acceptors (Lipinski definition) is 4. The molecule has 26 heavy (non-hydrogen) atoms. The third-order valence-corrected chi connectivity index (χ3v) is 4.27. The summed E-state index contributed by atoms with van der Waals surface area (Å²) in [5.74, 6) is -0.659. The van der Waals surface area contributed by atoms with E-state index in [1.165, 1.54) is 0 Å². The molecule has 0 spiro atoms. The van der Waals surface area contributed by atoms with E-state index in [0.29, 0.717) is 18.8 Å². The summed E-state index contributed by atoms with van der Waals surface area (Å²) in [5.41, 5.74) is 3.29. The van der Waals surface area contributed by atoms with Crippen LogP contribution >= 0.6 is 0 Å². The maximum atomic E-state index is 12.4. The van der Waals surface area contributed by atoms with Gasteiger partial charge in [0, 0.05) is 13.5 Å². The first kappa shape index (κ1) is 17.9. The molecule has 0 fully saturated rings. The summed E-state index contributed by atoms with van der Waals surface area (Å²) in [5, 5.41) is 12.2. The second kappa shape index (κ2) is 8.01. The largest absolute Gasteiger partial charge is 0.493 e. The van der Waals surface area contributed by atoms with E-state index >= 15 is 0 Å². The van der Waals surface area contributed by atoms with Crippen LogP contribution in [0.25, 0.3) is 0 Å². The zero-order valence-electron chi connectivity index (χ0n) is 14.5. The van der Waals surface area contributed by atoms with Crippen LogP contribution in [0, 0.1) is 0 Å². The molecule has 1 aliphatic heterocycles. The molecular weight excluding hydrogens is 334 g/mol. The van der Waals surface area contributed by atoms with Gasteiger partial charge >= 0.3 is 5.97 Å². The van der Waals surface area contributed by atoms with Gasteiger partial charge in [0.25, 0.3) is 0 Å². The lowest BCUT2D eigenvalue weighted by Crippen LogP contribution is -2.34. The molecule has 0 aromatic heterocycles. The molecule has 1 aliphatic rings. The normalized spacial score (nSPS) is 13.6. The summed E-state index contributed by atoms with van der Waals surface area (Å²) in [6.45, 7) is 1.06. The van der Waals surface area contributed by atoms with E-state index in [1.807, 2.05) is 24.3 Å². The van der Waals surface area contributed by atoms with Crippen molar-refractivity contribution >= 4 is 11.9 Å². The highest BCUT2D eigenvalue weighted by atomic mass is 16.5. The van der Waals surface area contributed by atoms with Gasteiger partial charge < -0.3 is 19.9 Å². The fourth-order valence-electron chi connectivity index (χ4n) is 3.07. The SMILES string of the molecule is COCc1cccc(CC(=O)NC(C(=O)O)c2ccc3c(c2)CCO3)c1. The van der Waals surface area contributed by atoms with Crippen molar-refractivity contribution in [2.75, 3.05) is 13.7 Å². The molecule has 2 aromatic carbocycles. The van der Waals surface area contributed by atoms with E-state index in [0.717, 1.165) is 28.9 Å². The quantitative estimate of drug-likeness (QED) is 0.796. The highest BCUT2D eigenvalue weighted by Crippen LogP contribution is 2.28. The minimum Gasteiger partial charge on any atom is -0.493 e. The molecule has 1 heterocycles. The minimum absolute atomic E-state index is 0.107. The summed E-state index contributed by atoms with van der Waals surface area (Å²) in [6.07, 6.45) is 0.852. The van der Waals surface area contributed by atoms with Gasteiger partial charge in [-0.3, -0.25) is 4.79 Å². The Morgan fingerprint density at radius 3 is 2.81 bits per heavy atom. The van der Waals surface area contributed by atoms with Gasteiger partial charge in [-0.05, 0) is 34.4 Å². The van der Waals surface area contributed by atoms with Crippen molar-refractivity contribution in [3.8, 4) is 5.75 Å². The average Bonchev–Trinajstić information content (AvgIpc) is 3.07. The predicted octanol–water partition coefficient (Wildman–Crippen LogP) is 2.25. The lowest BCUT2D eigenvalue weighted by atomic mass is 10.0. The number of carboxylic acid groups (broad SMARTS) is 1. The summed E-state index contributed by atoms with van der Waals surface area (Å²) in [6, 6.07) is 11.6. The van der Waals surface area contributed by atoms with E-state index in [1.54, 1.807) is 25.3 Å². The lowest BCUT2D eigenvalue weighted by molar-refractivity contribution is -0.141. The van der Waals surface area contributed by atoms with Crippen LogP contribution in [-0.2, 0) is 33.8 Å². The molecule has 1 atom stereocenters. The van der Waals surface area contributed by atoms with E-state index in [2.05, 4.69) is 5.32 Å². The zero-order chi connectivity index (χ0) is 18.5. The lowest BCUT2D eigenvalue weighted by Gasteiger charge is -2.16. The van der Waals surface area contributed by atoms with Crippen LogP contribution in [0.1, 0.15) is 28.3 Å². The van der Waals surface area contributed by atoms with Gasteiger partial charge in [0.1, 0.15) is 5.75 Å². The molecule has 2 N–H and O–H groups in total. The Bertz CT molecular complexity index is 818. The fourth-order valence-corrected chi connectivity index (χ4v) is 3.07. The van der Waals surface area contributed by atoms with Crippen LogP contribution in [-0.4, -0.2) is 30.7 Å². The second-order valence-corrected chi connectivity index (χ2v) is 6.23. The smallest absolute Gasteiger partial charge is 0.330 e. The maximum Gasteiger partial charge on any atom is 0.330 e. The molecule has 0 radical (unpaired) electrons. The Labute approximate surface area is 151 Å². The van der Waals surface area contributed by atoms with Crippen LogP contribution in [0.15, 0.2) is 42.5 Å². The van der Waals surface area contributed by atoms with E-state index in [4.69, 9.17) is 9.47 Å². The van der Waals surface area contributed by atoms with Crippen LogP contribution in [0.2, 0.25) is 0 Å². The number of nitrogens with one attached hydrogen (secondary N) is 1. The van der Waals surface area contributed by atoms with Crippen LogP contribution in [0.5, 0.6) is 5.75 Å². The highest BCUT2D eigenvalue weighted by Gasteiger charge is 2.24. The van der Waals surface area contributed by atoms with Gasteiger partial charge in [0.15, 0.2) is 6.04 Å². The number of carbonyl (C=O) groups excluding carboxylic acids is 1. The minimum atomic E-state index is -1.09. The van der Waals surface area contributed by atoms with Gasteiger partial charge in [0.2, 0.25) is 5.91 Å². The second-order valence-electron chi connectivity index (χ2n) is 6.23. The standard InChI is InChI=1S/C20H21NO5/c1-25-12-14-4-2-3-13(9-14)10-18(22)21-19(20(23)24)16-5-6-17-15(11-16)7-8-26-17/h2-6,9,11,19H,7-8,10,12H2,1H3,(H,21,22)(H,23,24). The van der Waals surface area contributed by atoms with Crippen molar-refractivity contribution in [3.05, 3.63) is 64.7 Å². The average molecular weight is 355 g/mol. The van der Waals surface area contributed by atoms with Crippen LogP contribution in [0.4, 0.5) is 0 Å². The van der Waals surface area contributed by atoms with Crippen molar-refractivity contribution in [1.29, 1.82) is 0 Å². The Balaban J connectivity index is 1.71. The molecule has 0 saturated heterocycles. The first-order chi connectivity index (χ1) is 12.6. The molecule has 136 valence electrons.